The molecule has 1 N–H and O–H groups in total. The van der Waals surface area contributed by atoms with E-state index in [2.05, 4.69) is 4.98 Å². The van der Waals surface area contributed by atoms with Gasteiger partial charge >= 0.3 is 0 Å². The summed E-state index contributed by atoms with van der Waals surface area (Å²) in [5, 5.41) is 9.99. The molecule has 2 aromatic rings. The van der Waals surface area contributed by atoms with E-state index in [1.54, 1.807) is 36.3 Å². The van der Waals surface area contributed by atoms with Crippen molar-refractivity contribution in [1.29, 1.82) is 0 Å². The van der Waals surface area contributed by atoms with Gasteiger partial charge < -0.3 is 14.9 Å². The summed E-state index contributed by atoms with van der Waals surface area (Å²) in [5.41, 5.74) is 1.48. The first-order chi connectivity index (χ1) is 13.6. The molecule has 6 heteroatoms. The van der Waals surface area contributed by atoms with Crippen molar-refractivity contribution in [2.45, 2.75) is 30.8 Å². The first-order valence-electron chi connectivity index (χ1n) is 9.76. The molecule has 28 heavy (non-hydrogen) atoms. The Morgan fingerprint density at radius 2 is 1.82 bits per heavy atom. The van der Waals surface area contributed by atoms with E-state index >= 15 is 0 Å². The molecule has 3 atom stereocenters. The molecule has 2 heterocycles. The number of pyridine rings is 1. The maximum atomic E-state index is 12.9. The third-order valence-corrected chi connectivity index (χ3v) is 5.79. The molecule has 1 aromatic carbocycles. The first kappa shape index (κ1) is 18.6. The largest absolute Gasteiger partial charge is 0.394 e. The van der Waals surface area contributed by atoms with Gasteiger partial charge in [0.1, 0.15) is 5.69 Å². The third-order valence-electron chi connectivity index (χ3n) is 5.79. The zero-order valence-corrected chi connectivity index (χ0v) is 15.9. The van der Waals surface area contributed by atoms with Crippen molar-refractivity contribution in [2.75, 3.05) is 20.2 Å². The average molecular weight is 379 g/mol. The minimum atomic E-state index is -0.237. The van der Waals surface area contributed by atoms with Crippen LogP contribution in [-0.4, -0.2) is 64.0 Å². The SMILES string of the molecule is CN(C[C@H]1[C@@H](c2ccccc2)[C@H](CO)N1C(=O)C1CC1)C(=O)c1ccccn1. The van der Waals surface area contributed by atoms with Crippen molar-refractivity contribution in [3.8, 4) is 0 Å². The number of aliphatic hydroxyl groups excluding tert-OH is 1. The monoisotopic (exact) mass is 379 g/mol. The fraction of sp³-hybridized carbons (Fsp3) is 0.409. The van der Waals surface area contributed by atoms with Crippen LogP contribution < -0.4 is 0 Å². The summed E-state index contributed by atoms with van der Waals surface area (Å²) < 4.78 is 0. The van der Waals surface area contributed by atoms with E-state index in [1.807, 2.05) is 35.2 Å². The number of benzene rings is 1. The van der Waals surface area contributed by atoms with E-state index in [0.717, 1.165) is 18.4 Å². The van der Waals surface area contributed by atoms with Crippen molar-refractivity contribution in [3.63, 3.8) is 0 Å². The molecule has 0 spiro atoms. The number of nitrogens with zero attached hydrogens (tertiary/aromatic N) is 3. The van der Waals surface area contributed by atoms with Gasteiger partial charge in [-0.15, -0.1) is 0 Å². The van der Waals surface area contributed by atoms with E-state index in [-0.39, 0.29) is 42.3 Å². The van der Waals surface area contributed by atoms with Crippen LogP contribution in [0.2, 0.25) is 0 Å². The van der Waals surface area contributed by atoms with Gasteiger partial charge in [-0.2, -0.15) is 0 Å². The van der Waals surface area contributed by atoms with E-state index in [9.17, 15) is 14.7 Å². The Hall–Kier alpha value is -2.73. The second kappa shape index (κ2) is 7.72. The highest BCUT2D eigenvalue weighted by atomic mass is 16.3. The maximum absolute atomic E-state index is 12.9. The molecule has 2 amide bonds. The van der Waals surface area contributed by atoms with Crippen LogP contribution in [0.1, 0.15) is 34.8 Å². The minimum absolute atomic E-state index is 0.00730. The molecular weight excluding hydrogens is 354 g/mol. The summed E-state index contributed by atoms with van der Waals surface area (Å²) in [6, 6.07) is 14.8. The van der Waals surface area contributed by atoms with Gasteiger partial charge in [-0.05, 0) is 30.5 Å². The number of likely N-dealkylation sites (N-methyl/N-ethyl adjacent to an activating group) is 1. The van der Waals surface area contributed by atoms with Gasteiger partial charge in [0.15, 0.2) is 0 Å². The first-order valence-corrected chi connectivity index (χ1v) is 9.76. The molecule has 1 saturated carbocycles. The summed E-state index contributed by atoms with van der Waals surface area (Å²) in [6.45, 7) is 0.330. The Bertz CT molecular complexity index is 839. The van der Waals surface area contributed by atoms with Crippen LogP contribution in [0.5, 0.6) is 0 Å². The lowest BCUT2D eigenvalue weighted by molar-refractivity contribution is -0.153. The highest BCUT2D eigenvalue weighted by Gasteiger charge is 2.53. The second-order valence-corrected chi connectivity index (χ2v) is 7.67. The molecule has 4 rings (SSSR count). The van der Waals surface area contributed by atoms with Crippen LogP contribution >= 0.6 is 0 Å². The number of carbonyl (C=O) groups excluding carboxylic acids is 2. The van der Waals surface area contributed by atoms with Gasteiger partial charge in [-0.1, -0.05) is 36.4 Å². The highest BCUT2D eigenvalue weighted by molar-refractivity contribution is 5.92. The predicted molar refractivity (Wildman–Crippen MR) is 105 cm³/mol. The van der Waals surface area contributed by atoms with Gasteiger partial charge in [0, 0.05) is 31.6 Å². The van der Waals surface area contributed by atoms with Crippen LogP contribution in [0.15, 0.2) is 54.7 Å². The summed E-state index contributed by atoms with van der Waals surface area (Å²) >= 11 is 0. The van der Waals surface area contributed by atoms with Crippen LogP contribution in [0.3, 0.4) is 0 Å². The number of rotatable bonds is 6. The smallest absolute Gasteiger partial charge is 0.272 e. The summed E-state index contributed by atoms with van der Waals surface area (Å²) in [6.07, 6.45) is 3.43. The van der Waals surface area contributed by atoms with Crippen LogP contribution in [0.25, 0.3) is 0 Å². The molecule has 1 saturated heterocycles. The standard InChI is InChI=1S/C22H25N3O3/c1-24(22(28)17-9-5-6-12-23-17)13-18-20(15-7-3-2-4-8-15)19(14-26)25(18)21(27)16-10-11-16/h2-9,12,16,18-20,26H,10-11,13-14H2,1H3/t18-,19-,20+/m0/s1. The van der Waals surface area contributed by atoms with Gasteiger partial charge in [-0.25, -0.2) is 0 Å². The number of aromatic nitrogens is 1. The van der Waals surface area contributed by atoms with Crippen molar-refractivity contribution in [3.05, 3.63) is 66.0 Å². The van der Waals surface area contributed by atoms with Crippen molar-refractivity contribution in [1.82, 2.24) is 14.8 Å². The van der Waals surface area contributed by atoms with E-state index in [1.165, 1.54) is 0 Å². The molecule has 1 aliphatic carbocycles. The van der Waals surface area contributed by atoms with Crippen LogP contribution in [0, 0.1) is 5.92 Å². The van der Waals surface area contributed by atoms with Crippen molar-refractivity contribution < 1.29 is 14.7 Å². The van der Waals surface area contributed by atoms with E-state index < -0.39 is 0 Å². The van der Waals surface area contributed by atoms with Crippen molar-refractivity contribution >= 4 is 11.8 Å². The molecule has 1 aliphatic heterocycles. The lowest BCUT2D eigenvalue weighted by Crippen LogP contribution is -2.69. The van der Waals surface area contributed by atoms with E-state index in [4.69, 9.17) is 0 Å². The quantitative estimate of drug-likeness (QED) is 0.832. The second-order valence-electron chi connectivity index (χ2n) is 7.67. The zero-order chi connectivity index (χ0) is 19.7. The molecule has 0 bridgehead atoms. The van der Waals surface area contributed by atoms with E-state index in [0.29, 0.717) is 12.2 Å². The molecule has 6 nitrogen and oxygen atoms in total. The van der Waals surface area contributed by atoms with Gasteiger partial charge in [0.2, 0.25) is 5.91 Å². The summed E-state index contributed by atoms with van der Waals surface area (Å²) in [7, 11) is 1.74. The Kier molecular flexibility index (Phi) is 5.13. The maximum Gasteiger partial charge on any atom is 0.272 e. The fourth-order valence-corrected chi connectivity index (χ4v) is 4.19. The Morgan fingerprint density at radius 1 is 1.11 bits per heavy atom. The molecule has 1 aromatic heterocycles. The highest BCUT2D eigenvalue weighted by Crippen LogP contribution is 2.44. The number of aliphatic hydroxyl groups is 1. The Labute approximate surface area is 164 Å². The minimum Gasteiger partial charge on any atom is -0.394 e. The topological polar surface area (TPSA) is 73.7 Å². The zero-order valence-electron chi connectivity index (χ0n) is 15.9. The van der Waals surface area contributed by atoms with Crippen LogP contribution in [0.4, 0.5) is 0 Å². The number of carbonyl (C=O) groups is 2. The number of amides is 2. The van der Waals surface area contributed by atoms with Crippen LogP contribution in [-0.2, 0) is 4.79 Å². The number of hydrogen-bond donors (Lipinski definition) is 1. The Morgan fingerprint density at radius 3 is 2.43 bits per heavy atom. The average Bonchev–Trinajstić information content (AvgIpc) is 3.57. The molecule has 0 radical (unpaired) electrons. The molecule has 0 unspecified atom stereocenters. The number of likely N-dealkylation sites (tertiary alicyclic amines) is 1. The van der Waals surface area contributed by atoms with Crippen molar-refractivity contribution in [2.24, 2.45) is 5.92 Å². The Balaban J connectivity index is 1.58. The number of hydrogen-bond acceptors (Lipinski definition) is 4. The van der Waals surface area contributed by atoms with Gasteiger partial charge in [0.05, 0.1) is 18.7 Å². The summed E-state index contributed by atoms with van der Waals surface area (Å²) in [5.74, 6) is 0.0200. The molecular formula is C22H25N3O3. The van der Waals surface area contributed by atoms with Gasteiger partial charge in [0.25, 0.3) is 5.91 Å². The summed E-state index contributed by atoms with van der Waals surface area (Å²) in [4.78, 5) is 33.2. The molecule has 146 valence electrons. The third kappa shape index (κ3) is 3.40. The lowest BCUT2D eigenvalue weighted by Gasteiger charge is -2.56. The molecule has 2 fully saturated rings. The lowest BCUT2D eigenvalue weighted by atomic mass is 9.74. The van der Waals surface area contributed by atoms with Gasteiger partial charge in [-0.3, -0.25) is 14.6 Å². The fourth-order valence-electron chi connectivity index (χ4n) is 4.19. The predicted octanol–water partition coefficient (Wildman–Crippen LogP) is 1.92. The normalized spacial score (nSPS) is 23.8. The molecule has 2 aliphatic rings.